The lowest BCUT2D eigenvalue weighted by molar-refractivity contribution is 0.665. The van der Waals surface area contributed by atoms with E-state index in [1.807, 2.05) is 0 Å². The van der Waals surface area contributed by atoms with Gasteiger partial charge in [-0.1, -0.05) is 87.2 Å². The molecule has 2 heteroatoms. The number of unbranched alkanes of at least 4 members (excludes halogenated alkanes) is 2. The maximum atomic E-state index is 3.55. The Morgan fingerprint density at radius 1 is 0.857 bits per heavy atom. The SMILES string of the molecule is BrC(Br)CCCCCc1cccc2c1Cc1ccccc1-2. The summed E-state index contributed by atoms with van der Waals surface area (Å²) in [4.78, 5) is 0. The number of hydrogen-bond donors (Lipinski definition) is 0. The molecule has 2 aromatic rings. The van der Waals surface area contributed by atoms with Gasteiger partial charge in [0.05, 0.1) is 3.74 Å². The van der Waals surface area contributed by atoms with Gasteiger partial charge < -0.3 is 0 Å². The Kier molecular flexibility index (Phi) is 5.18. The van der Waals surface area contributed by atoms with Gasteiger partial charge in [-0.05, 0) is 53.5 Å². The average molecular weight is 408 g/mol. The summed E-state index contributed by atoms with van der Waals surface area (Å²) >= 11 is 7.09. The van der Waals surface area contributed by atoms with Gasteiger partial charge in [0.2, 0.25) is 0 Å². The Morgan fingerprint density at radius 3 is 2.52 bits per heavy atom. The molecule has 2 aromatic carbocycles. The van der Waals surface area contributed by atoms with E-state index in [9.17, 15) is 0 Å². The molecule has 21 heavy (non-hydrogen) atoms. The van der Waals surface area contributed by atoms with Crippen molar-refractivity contribution in [3.8, 4) is 11.1 Å². The summed E-state index contributed by atoms with van der Waals surface area (Å²) in [6.07, 6.45) is 7.43. The van der Waals surface area contributed by atoms with Crippen molar-refractivity contribution in [1.82, 2.24) is 0 Å². The second kappa shape index (κ2) is 7.11. The van der Waals surface area contributed by atoms with Gasteiger partial charge in [0.25, 0.3) is 0 Å². The first-order valence-electron chi connectivity index (χ1n) is 7.73. The van der Waals surface area contributed by atoms with E-state index in [0.29, 0.717) is 3.74 Å². The highest BCUT2D eigenvalue weighted by Crippen LogP contribution is 2.38. The quantitative estimate of drug-likeness (QED) is 0.324. The minimum atomic E-state index is 0.473. The molecule has 0 saturated heterocycles. The molecular formula is C19H20Br2. The molecule has 0 atom stereocenters. The molecule has 0 heterocycles. The largest absolute Gasteiger partial charge is 0.0765 e. The highest BCUT2D eigenvalue weighted by atomic mass is 79.9. The van der Waals surface area contributed by atoms with E-state index in [4.69, 9.17) is 0 Å². The lowest BCUT2D eigenvalue weighted by Crippen LogP contribution is -1.94. The van der Waals surface area contributed by atoms with Crippen molar-refractivity contribution < 1.29 is 0 Å². The van der Waals surface area contributed by atoms with Crippen molar-refractivity contribution >= 4 is 31.9 Å². The van der Waals surface area contributed by atoms with Crippen LogP contribution in [-0.2, 0) is 12.8 Å². The van der Waals surface area contributed by atoms with Gasteiger partial charge in [-0.25, -0.2) is 0 Å². The van der Waals surface area contributed by atoms with Crippen molar-refractivity contribution in [3.05, 3.63) is 59.2 Å². The number of hydrogen-bond acceptors (Lipinski definition) is 0. The van der Waals surface area contributed by atoms with Crippen LogP contribution in [0.3, 0.4) is 0 Å². The average Bonchev–Trinajstić information content (AvgIpc) is 2.86. The van der Waals surface area contributed by atoms with Crippen molar-refractivity contribution in [2.75, 3.05) is 0 Å². The number of alkyl halides is 2. The third-order valence-corrected chi connectivity index (χ3v) is 5.23. The summed E-state index contributed by atoms with van der Waals surface area (Å²) in [7, 11) is 0. The summed E-state index contributed by atoms with van der Waals surface area (Å²) in [5.74, 6) is 0. The van der Waals surface area contributed by atoms with Crippen molar-refractivity contribution in [2.45, 2.75) is 42.3 Å². The van der Waals surface area contributed by atoms with Crippen LogP contribution in [0.5, 0.6) is 0 Å². The normalized spacial score (nSPS) is 12.5. The molecule has 0 saturated carbocycles. The third-order valence-electron chi connectivity index (χ3n) is 4.32. The zero-order chi connectivity index (χ0) is 14.7. The fraction of sp³-hybridized carbons (Fsp3) is 0.368. The molecule has 0 radical (unpaired) electrons. The Bertz CT molecular complexity index is 617. The topological polar surface area (TPSA) is 0 Å². The van der Waals surface area contributed by atoms with E-state index >= 15 is 0 Å². The number of benzene rings is 2. The van der Waals surface area contributed by atoms with E-state index in [1.54, 1.807) is 11.1 Å². The van der Waals surface area contributed by atoms with Gasteiger partial charge in [-0.15, -0.1) is 0 Å². The summed E-state index contributed by atoms with van der Waals surface area (Å²) in [5, 5.41) is 0. The van der Waals surface area contributed by atoms with Crippen LogP contribution in [0.15, 0.2) is 42.5 Å². The molecule has 110 valence electrons. The molecule has 0 bridgehead atoms. The predicted octanol–water partition coefficient (Wildman–Crippen LogP) is 6.48. The lowest BCUT2D eigenvalue weighted by atomic mass is 9.97. The van der Waals surface area contributed by atoms with Crippen molar-refractivity contribution in [3.63, 3.8) is 0 Å². The smallest absolute Gasteiger partial charge is 0.0697 e. The van der Waals surface area contributed by atoms with Gasteiger partial charge in [0.1, 0.15) is 0 Å². The summed E-state index contributed by atoms with van der Waals surface area (Å²) < 4.78 is 0.473. The lowest BCUT2D eigenvalue weighted by Gasteiger charge is -2.09. The fourth-order valence-corrected chi connectivity index (χ4v) is 3.90. The van der Waals surface area contributed by atoms with E-state index in [0.717, 1.165) is 6.42 Å². The molecule has 0 fully saturated rings. The zero-order valence-electron chi connectivity index (χ0n) is 12.1. The first kappa shape index (κ1) is 15.3. The fourth-order valence-electron chi connectivity index (χ4n) is 3.25. The Morgan fingerprint density at radius 2 is 1.67 bits per heavy atom. The van der Waals surface area contributed by atoms with Gasteiger partial charge in [0.15, 0.2) is 0 Å². The molecule has 0 aliphatic heterocycles. The molecule has 0 unspecified atom stereocenters. The van der Waals surface area contributed by atoms with Crippen molar-refractivity contribution in [2.24, 2.45) is 0 Å². The third kappa shape index (κ3) is 3.60. The molecule has 1 aliphatic rings. The zero-order valence-corrected chi connectivity index (χ0v) is 15.3. The predicted molar refractivity (Wildman–Crippen MR) is 98.5 cm³/mol. The van der Waals surface area contributed by atoms with Crippen LogP contribution in [0, 0.1) is 0 Å². The van der Waals surface area contributed by atoms with E-state index in [1.165, 1.54) is 48.8 Å². The summed E-state index contributed by atoms with van der Waals surface area (Å²) in [6, 6.07) is 15.7. The first-order chi connectivity index (χ1) is 10.3. The van der Waals surface area contributed by atoms with Crippen LogP contribution in [0.4, 0.5) is 0 Å². The van der Waals surface area contributed by atoms with Crippen LogP contribution in [0.25, 0.3) is 11.1 Å². The van der Waals surface area contributed by atoms with Crippen LogP contribution in [-0.4, -0.2) is 3.74 Å². The molecule has 0 N–H and O–H groups in total. The second-order valence-electron chi connectivity index (χ2n) is 5.77. The molecule has 1 aliphatic carbocycles. The van der Waals surface area contributed by atoms with Crippen LogP contribution in [0.1, 0.15) is 42.4 Å². The molecule has 3 rings (SSSR count). The summed E-state index contributed by atoms with van der Waals surface area (Å²) in [5.41, 5.74) is 7.51. The van der Waals surface area contributed by atoms with Crippen LogP contribution in [0.2, 0.25) is 0 Å². The molecule has 0 amide bonds. The molecule has 0 spiro atoms. The van der Waals surface area contributed by atoms with Gasteiger partial charge in [-0.2, -0.15) is 0 Å². The monoisotopic (exact) mass is 406 g/mol. The number of rotatable bonds is 6. The van der Waals surface area contributed by atoms with Gasteiger partial charge in [-0.3, -0.25) is 0 Å². The Hall–Kier alpha value is -0.600. The maximum Gasteiger partial charge on any atom is 0.0697 e. The highest BCUT2D eigenvalue weighted by Gasteiger charge is 2.19. The van der Waals surface area contributed by atoms with E-state index < -0.39 is 0 Å². The number of aryl methyl sites for hydroxylation is 1. The van der Waals surface area contributed by atoms with Gasteiger partial charge in [0, 0.05) is 0 Å². The highest BCUT2D eigenvalue weighted by molar-refractivity contribution is 9.24. The summed E-state index contributed by atoms with van der Waals surface area (Å²) in [6.45, 7) is 0. The second-order valence-corrected chi connectivity index (χ2v) is 9.21. The minimum Gasteiger partial charge on any atom is -0.0765 e. The molecular weight excluding hydrogens is 388 g/mol. The van der Waals surface area contributed by atoms with Crippen LogP contribution < -0.4 is 0 Å². The Labute approximate surface area is 144 Å². The van der Waals surface area contributed by atoms with E-state index in [-0.39, 0.29) is 0 Å². The van der Waals surface area contributed by atoms with Gasteiger partial charge >= 0.3 is 0 Å². The maximum absolute atomic E-state index is 3.55. The minimum absolute atomic E-state index is 0.473. The number of halogens is 2. The Balaban J connectivity index is 1.66. The van der Waals surface area contributed by atoms with Crippen LogP contribution >= 0.6 is 31.9 Å². The first-order valence-corrected chi connectivity index (χ1v) is 9.56. The molecule has 0 nitrogen and oxygen atoms in total. The van der Waals surface area contributed by atoms with E-state index in [2.05, 4.69) is 74.3 Å². The van der Waals surface area contributed by atoms with Crippen molar-refractivity contribution in [1.29, 1.82) is 0 Å². The number of fused-ring (bicyclic) bond motifs is 3. The molecule has 0 aromatic heterocycles. The standard InChI is InChI=1S/C19H20Br2/c20-19(21)12-3-1-2-7-14-9-6-11-17-16-10-5-4-8-15(16)13-18(14)17/h4-6,8-11,19H,1-3,7,12-13H2.